The summed E-state index contributed by atoms with van der Waals surface area (Å²) in [5, 5.41) is 0. The third kappa shape index (κ3) is 6.03. The largest absolute Gasteiger partial charge is 0.344 e. The highest BCUT2D eigenvalue weighted by Gasteiger charge is 2.01. The van der Waals surface area contributed by atoms with Crippen molar-refractivity contribution in [2.24, 2.45) is 0 Å². The molecule has 20 heavy (non-hydrogen) atoms. The van der Waals surface area contributed by atoms with Crippen LogP contribution >= 0.6 is 0 Å². The first kappa shape index (κ1) is 20.7. The SMILES string of the molecule is CC.CC.Cc1cccc(-c2cc(C)ccc2C)c1.N. The number of rotatable bonds is 1. The van der Waals surface area contributed by atoms with Gasteiger partial charge in [-0.2, -0.15) is 0 Å². The van der Waals surface area contributed by atoms with Gasteiger partial charge in [0.2, 0.25) is 0 Å². The molecule has 0 amide bonds. The van der Waals surface area contributed by atoms with Gasteiger partial charge in [-0.15, -0.1) is 0 Å². The van der Waals surface area contributed by atoms with Crippen LogP contribution in [0.1, 0.15) is 44.4 Å². The van der Waals surface area contributed by atoms with Gasteiger partial charge in [0.25, 0.3) is 0 Å². The van der Waals surface area contributed by atoms with Crippen molar-refractivity contribution in [2.75, 3.05) is 0 Å². The zero-order valence-electron chi connectivity index (χ0n) is 14.2. The van der Waals surface area contributed by atoms with Crippen molar-refractivity contribution in [3.8, 4) is 11.1 Å². The first-order valence-electron chi connectivity index (χ1n) is 7.31. The van der Waals surface area contributed by atoms with Gasteiger partial charge in [0.1, 0.15) is 0 Å². The first-order valence-corrected chi connectivity index (χ1v) is 7.31. The Morgan fingerprint density at radius 1 is 0.650 bits per heavy atom. The minimum atomic E-state index is 0. The van der Waals surface area contributed by atoms with E-state index in [-0.39, 0.29) is 6.15 Å². The highest BCUT2D eigenvalue weighted by atomic mass is 14.1. The highest BCUT2D eigenvalue weighted by Crippen LogP contribution is 2.24. The smallest absolute Gasteiger partial charge is 0.0152 e. The van der Waals surface area contributed by atoms with Crippen molar-refractivity contribution in [3.05, 3.63) is 59.2 Å². The molecule has 1 heteroatoms. The molecule has 0 unspecified atom stereocenters. The maximum absolute atomic E-state index is 2.25. The second-order valence-electron chi connectivity index (χ2n) is 4.19. The van der Waals surface area contributed by atoms with Crippen LogP contribution in [-0.4, -0.2) is 0 Å². The first-order chi connectivity index (χ1) is 9.16. The standard InChI is InChI=1S/C15H16.2C2H6.H3N/c1-11-5-4-6-14(9-11)15-10-12(2)7-8-13(15)3;2*1-2;/h4-10H,1-3H3;2*1-2H3;1H3. The average Bonchev–Trinajstić information content (AvgIpc) is 2.46. The van der Waals surface area contributed by atoms with Crippen LogP contribution < -0.4 is 6.15 Å². The molecule has 0 saturated heterocycles. The Balaban J connectivity index is 0. The molecule has 2 aromatic carbocycles. The van der Waals surface area contributed by atoms with Crippen LogP contribution in [0.15, 0.2) is 42.5 Å². The summed E-state index contributed by atoms with van der Waals surface area (Å²) in [6.45, 7) is 14.4. The molecular formula is C19H31N. The molecule has 0 aromatic heterocycles. The molecule has 0 aliphatic rings. The Hall–Kier alpha value is -1.60. The van der Waals surface area contributed by atoms with Crippen LogP contribution in [0.3, 0.4) is 0 Å². The monoisotopic (exact) mass is 273 g/mol. The van der Waals surface area contributed by atoms with Crippen molar-refractivity contribution < 1.29 is 0 Å². The summed E-state index contributed by atoms with van der Waals surface area (Å²) in [7, 11) is 0. The average molecular weight is 273 g/mol. The topological polar surface area (TPSA) is 35.0 Å². The molecule has 1 nitrogen and oxygen atoms in total. The van der Waals surface area contributed by atoms with Crippen LogP contribution in [0.5, 0.6) is 0 Å². The van der Waals surface area contributed by atoms with Crippen molar-refractivity contribution in [1.29, 1.82) is 0 Å². The summed E-state index contributed by atoms with van der Waals surface area (Å²) < 4.78 is 0. The van der Waals surface area contributed by atoms with E-state index in [0.29, 0.717) is 0 Å². The van der Waals surface area contributed by atoms with Crippen LogP contribution in [-0.2, 0) is 0 Å². The third-order valence-corrected chi connectivity index (χ3v) is 2.72. The van der Waals surface area contributed by atoms with Gasteiger partial charge >= 0.3 is 0 Å². The van der Waals surface area contributed by atoms with E-state index in [2.05, 4.69) is 63.2 Å². The van der Waals surface area contributed by atoms with Crippen molar-refractivity contribution >= 4 is 0 Å². The lowest BCUT2D eigenvalue weighted by molar-refractivity contribution is 1.38. The van der Waals surface area contributed by atoms with Gasteiger partial charge in [-0.05, 0) is 37.5 Å². The lowest BCUT2D eigenvalue weighted by atomic mass is 9.97. The minimum absolute atomic E-state index is 0. The molecule has 2 aromatic rings. The summed E-state index contributed by atoms with van der Waals surface area (Å²) in [6, 6.07) is 15.3. The summed E-state index contributed by atoms with van der Waals surface area (Å²) in [4.78, 5) is 0. The van der Waals surface area contributed by atoms with Crippen molar-refractivity contribution in [1.82, 2.24) is 6.15 Å². The van der Waals surface area contributed by atoms with Crippen molar-refractivity contribution in [2.45, 2.75) is 48.5 Å². The molecule has 0 spiro atoms. The molecule has 112 valence electrons. The van der Waals surface area contributed by atoms with Crippen molar-refractivity contribution in [3.63, 3.8) is 0 Å². The summed E-state index contributed by atoms with van der Waals surface area (Å²) in [5.74, 6) is 0. The Morgan fingerprint density at radius 3 is 1.75 bits per heavy atom. The second-order valence-corrected chi connectivity index (χ2v) is 4.19. The molecule has 0 bridgehead atoms. The normalized spacial score (nSPS) is 8.35. The second kappa shape index (κ2) is 11.2. The fraction of sp³-hybridized carbons (Fsp3) is 0.368. The lowest BCUT2D eigenvalue weighted by Gasteiger charge is -2.08. The van der Waals surface area contributed by atoms with Gasteiger partial charge in [-0.3, -0.25) is 0 Å². The van der Waals surface area contributed by atoms with Gasteiger partial charge in [0.15, 0.2) is 0 Å². The van der Waals surface area contributed by atoms with Gasteiger partial charge in [-0.1, -0.05) is 81.3 Å². The highest BCUT2D eigenvalue weighted by molar-refractivity contribution is 5.68. The molecule has 3 N–H and O–H groups in total. The Morgan fingerprint density at radius 2 is 1.20 bits per heavy atom. The van der Waals surface area contributed by atoms with E-state index in [9.17, 15) is 0 Å². The summed E-state index contributed by atoms with van der Waals surface area (Å²) in [5.41, 5.74) is 6.63. The molecule has 2 rings (SSSR count). The predicted octanol–water partition coefficient (Wildman–Crippen LogP) is 6.49. The van der Waals surface area contributed by atoms with E-state index < -0.39 is 0 Å². The number of aryl methyl sites for hydroxylation is 3. The number of benzene rings is 2. The van der Waals surface area contributed by atoms with Gasteiger partial charge in [-0.25, -0.2) is 0 Å². The Labute approximate surface area is 125 Å². The molecule has 0 aliphatic carbocycles. The molecular weight excluding hydrogens is 242 g/mol. The van der Waals surface area contributed by atoms with E-state index in [1.54, 1.807) is 0 Å². The van der Waals surface area contributed by atoms with E-state index >= 15 is 0 Å². The van der Waals surface area contributed by atoms with E-state index in [0.717, 1.165) is 0 Å². The predicted molar refractivity (Wildman–Crippen MR) is 93.8 cm³/mol. The Bertz CT molecular complexity index is 487. The molecule has 0 radical (unpaired) electrons. The molecule has 0 aliphatic heterocycles. The summed E-state index contributed by atoms with van der Waals surface area (Å²) in [6.07, 6.45) is 0. The lowest BCUT2D eigenvalue weighted by Crippen LogP contribution is -1.85. The molecule has 0 heterocycles. The minimum Gasteiger partial charge on any atom is -0.344 e. The zero-order chi connectivity index (χ0) is 14.8. The number of hydrogen-bond acceptors (Lipinski definition) is 1. The number of hydrogen-bond donors (Lipinski definition) is 1. The maximum atomic E-state index is 2.25. The molecule has 0 fully saturated rings. The fourth-order valence-corrected chi connectivity index (χ4v) is 1.86. The quantitative estimate of drug-likeness (QED) is 0.633. The zero-order valence-corrected chi connectivity index (χ0v) is 14.2. The van der Waals surface area contributed by atoms with E-state index in [4.69, 9.17) is 0 Å². The fourth-order valence-electron chi connectivity index (χ4n) is 1.86. The summed E-state index contributed by atoms with van der Waals surface area (Å²) >= 11 is 0. The van der Waals surface area contributed by atoms with E-state index in [1.807, 2.05) is 27.7 Å². The van der Waals surface area contributed by atoms with Gasteiger partial charge in [0, 0.05) is 0 Å². The molecule has 0 saturated carbocycles. The van der Waals surface area contributed by atoms with E-state index in [1.165, 1.54) is 27.8 Å². The Kier molecular flexibility index (Phi) is 11.6. The van der Waals surface area contributed by atoms with Crippen LogP contribution in [0.2, 0.25) is 0 Å². The maximum Gasteiger partial charge on any atom is -0.0152 e. The van der Waals surface area contributed by atoms with Crippen LogP contribution in [0.4, 0.5) is 0 Å². The molecule has 0 atom stereocenters. The third-order valence-electron chi connectivity index (χ3n) is 2.72. The van der Waals surface area contributed by atoms with Gasteiger partial charge in [0.05, 0.1) is 0 Å². The van der Waals surface area contributed by atoms with Crippen LogP contribution in [0.25, 0.3) is 11.1 Å². The van der Waals surface area contributed by atoms with Gasteiger partial charge < -0.3 is 6.15 Å². The van der Waals surface area contributed by atoms with Crippen LogP contribution in [0, 0.1) is 20.8 Å².